The second-order valence-electron chi connectivity index (χ2n) is 6.68. The van der Waals surface area contributed by atoms with E-state index in [0.717, 1.165) is 39.4 Å². The molecule has 4 nitrogen and oxygen atoms in total. The van der Waals surface area contributed by atoms with Crippen LogP contribution in [0.3, 0.4) is 0 Å². The Morgan fingerprint density at radius 3 is 2.41 bits per heavy atom. The first-order valence-electron chi connectivity index (χ1n) is 8.94. The molecule has 0 fully saturated rings. The summed E-state index contributed by atoms with van der Waals surface area (Å²) in [5.41, 5.74) is 6.64. The summed E-state index contributed by atoms with van der Waals surface area (Å²) in [6.45, 7) is 4.63. The van der Waals surface area contributed by atoms with Gasteiger partial charge in [-0.2, -0.15) is 0 Å². The van der Waals surface area contributed by atoms with Gasteiger partial charge < -0.3 is 14.5 Å². The molecule has 0 aliphatic carbocycles. The van der Waals surface area contributed by atoms with Gasteiger partial charge >= 0.3 is 0 Å². The fourth-order valence-electron chi connectivity index (χ4n) is 3.15. The van der Waals surface area contributed by atoms with E-state index < -0.39 is 0 Å². The van der Waals surface area contributed by atoms with Gasteiger partial charge in [-0.15, -0.1) is 0 Å². The van der Waals surface area contributed by atoms with Crippen molar-refractivity contribution >= 4 is 5.69 Å². The molecule has 3 aromatic rings. The van der Waals surface area contributed by atoms with Crippen LogP contribution in [0.1, 0.15) is 16.7 Å². The maximum atomic E-state index is 6.12. The average molecular weight is 362 g/mol. The monoisotopic (exact) mass is 362 g/mol. The quantitative estimate of drug-likeness (QED) is 0.502. The molecule has 0 aromatic heterocycles. The van der Waals surface area contributed by atoms with E-state index in [4.69, 9.17) is 15.3 Å². The molecule has 0 spiro atoms. The zero-order chi connectivity index (χ0) is 19.4. The smallest absolute Gasteiger partial charge is 0.120 e. The Morgan fingerprint density at radius 2 is 1.67 bits per heavy atom. The number of aryl methyl sites for hydroxylation is 2. The number of hydrogen-bond acceptors (Lipinski definition) is 4. The van der Waals surface area contributed by atoms with Crippen LogP contribution in [0.25, 0.3) is 11.1 Å². The maximum absolute atomic E-state index is 6.12. The predicted molar refractivity (Wildman–Crippen MR) is 111 cm³/mol. The number of nitrogens with zero attached hydrogens (tertiary/aromatic N) is 1. The van der Waals surface area contributed by atoms with Gasteiger partial charge in [0.1, 0.15) is 18.1 Å². The van der Waals surface area contributed by atoms with Crippen LogP contribution in [-0.4, -0.2) is 14.2 Å². The molecule has 3 aromatic carbocycles. The molecule has 0 saturated carbocycles. The molecule has 0 amide bonds. The lowest BCUT2D eigenvalue weighted by Crippen LogP contribution is -2.26. The van der Waals surface area contributed by atoms with Crippen molar-refractivity contribution in [1.82, 2.24) is 0 Å². The van der Waals surface area contributed by atoms with Crippen molar-refractivity contribution in [2.45, 2.75) is 20.5 Å². The first kappa shape index (κ1) is 18.8. The molecule has 4 heteroatoms. The van der Waals surface area contributed by atoms with E-state index in [1.54, 1.807) is 12.1 Å². The van der Waals surface area contributed by atoms with Crippen LogP contribution in [0, 0.1) is 13.8 Å². The highest BCUT2D eigenvalue weighted by Crippen LogP contribution is 2.31. The van der Waals surface area contributed by atoms with Crippen LogP contribution in [-0.2, 0) is 6.61 Å². The second-order valence-corrected chi connectivity index (χ2v) is 6.68. The van der Waals surface area contributed by atoms with E-state index in [2.05, 4.69) is 38.1 Å². The van der Waals surface area contributed by atoms with Gasteiger partial charge in [-0.3, -0.25) is 0 Å². The topological polar surface area (TPSA) is 47.7 Å². The zero-order valence-corrected chi connectivity index (χ0v) is 16.3. The summed E-state index contributed by atoms with van der Waals surface area (Å²) in [6, 6.07) is 20.3. The molecule has 0 radical (unpaired) electrons. The van der Waals surface area contributed by atoms with Crippen molar-refractivity contribution in [3.05, 3.63) is 77.4 Å². The Kier molecular flexibility index (Phi) is 5.67. The third kappa shape index (κ3) is 4.23. The fraction of sp³-hybridized carbons (Fsp3) is 0.217. The normalized spacial score (nSPS) is 10.6. The van der Waals surface area contributed by atoms with Crippen molar-refractivity contribution in [2.24, 2.45) is 5.84 Å². The minimum atomic E-state index is 0.462. The molecular weight excluding hydrogens is 336 g/mol. The van der Waals surface area contributed by atoms with Crippen molar-refractivity contribution in [2.75, 3.05) is 19.2 Å². The largest absolute Gasteiger partial charge is 0.497 e. The zero-order valence-electron chi connectivity index (χ0n) is 16.3. The molecule has 2 N–H and O–H groups in total. The highest BCUT2D eigenvalue weighted by molar-refractivity contribution is 5.70. The van der Waals surface area contributed by atoms with Crippen molar-refractivity contribution in [3.8, 4) is 22.6 Å². The number of hydrogen-bond donors (Lipinski definition) is 1. The van der Waals surface area contributed by atoms with E-state index in [-0.39, 0.29) is 0 Å². The van der Waals surface area contributed by atoms with Crippen LogP contribution in [0.5, 0.6) is 11.5 Å². The van der Waals surface area contributed by atoms with E-state index in [1.807, 2.05) is 43.4 Å². The summed E-state index contributed by atoms with van der Waals surface area (Å²) in [4.78, 5) is 0. The van der Waals surface area contributed by atoms with Gasteiger partial charge in [0.2, 0.25) is 0 Å². The minimum absolute atomic E-state index is 0.462. The lowest BCUT2D eigenvalue weighted by atomic mass is 10.00. The standard InChI is InChI=1S/C23H26N2O2/c1-16-7-5-10-23(25(3)24)22(16)15-27-20-12-11-17(2)21(14-20)18-8-6-9-19(13-18)26-4/h5-14H,15,24H2,1-4H3. The van der Waals surface area contributed by atoms with E-state index in [1.165, 1.54) is 5.56 Å². The molecular formula is C23H26N2O2. The lowest BCUT2D eigenvalue weighted by Gasteiger charge is -2.19. The highest BCUT2D eigenvalue weighted by Gasteiger charge is 2.10. The SMILES string of the molecule is COc1cccc(-c2cc(OCc3c(C)cccc3N(C)N)ccc2C)c1. The number of benzene rings is 3. The Labute approximate surface area is 161 Å². The summed E-state index contributed by atoms with van der Waals surface area (Å²) in [5, 5.41) is 1.63. The van der Waals surface area contributed by atoms with Gasteiger partial charge in [0.05, 0.1) is 12.8 Å². The lowest BCUT2D eigenvalue weighted by molar-refractivity contribution is 0.305. The highest BCUT2D eigenvalue weighted by atomic mass is 16.5. The van der Waals surface area contributed by atoms with Crippen LogP contribution < -0.4 is 20.3 Å². The van der Waals surface area contributed by atoms with Crippen LogP contribution in [0.15, 0.2) is 60.7 Å². The molecule has 140 valence electrons. The summed E-state index contributed by atoms with van der Waals surface area (Å²) in [6.07, 6.45) is 0. The van der Waals surface area contributed by atoms with Gasteiger partial charge in [-0.1, -0.05) is 30.3 Å². The summed E-state index contributed by atoms with van der Waals surface area (Å²) >= 11 is 0. The number of methoxy groups -OCH3 is 1. The Hall–Kier alpha value is -2.98. The molecule has 0 aliphatic heterocycles. The van der Waals surface area contributed by atoms with Crippen molar-refractivity contribution in [1.29, 1.82) is 0 Å². The van der Waals surface area contributed by atoms with Gasteiger partial charge in [0, 0.05) is 12.6 Å². The molecule has 3 rings (SSSR count). The van der Waals surface area contributed by atoms with Gasteiger partial charge in [0.25, 0.3) is 0 Å². The Balaban J connectivity index is 1.87. The summed E-state index contributed by atoms with van der Waals surface area (Å²) < 4.78 is 11.5. The second kappa shape index (κ2) is 8.14. The molecule has 0 bridgehead atoms. The van der Waals surface area contributed by atoms with Crippen molar-refractivity contribution in [3.63, 3.8) is 0 Å². The van der Waals surface area contributed by atoms with Crippen molar-refractivity contribution < 1.29 is 9.47 Å². The number of rotatable bonds is 6. The van der Waals surface area contributed by atoms with E-state index in [0.29, 0.717) is 6.61 Å². The molecule has 0 atom stereocenters. The maximum Gasteiger partial charge on any atom is 0.120 e. The van der Waals surface area contributed by atoms with Crippen LogP contribution in [0.4, 0.5) is 5.69 Å². The minimum Gasteiger partial charge on any atom is -0.497 e. The first-order valence-corrected chi connectivity index (χ1v) is 8.94. The Bertz CT molecular complexity index is 935. The molecule has 0 unspecified atom stereocenters. The molecule has 0 saturated heterocycles. The van der Waals surface area contributed by atoms with Crippen LogP contribution >= 0.6 is 0 Å². The molecule has 0 aliphatic rings. The fourth-order valence-corrected chi connectivity index (χ4v) is 3.15. The number of anilines is 1. The molecule has 0 heterocycles. The van der Waals surface area contributed by atoms with Gasteiger partial charge in [-0.25, -0.2) is 5.84 Å². The third-order valence-corrected chi connectivity index (χ3v) is 4.74. The van der Waals surface area contributed by atoms with E-state index >= 15 is 0 Å². The average Bonchev–Trinajstić information content (AvgIpc) is 2.67. The Morgan fingerprint density at radius 1 is 0.889 bits per heavy atom. The number of ether oxygens (including phenoxy) is 2. The number of hydrazine groups is 1. The predicted octanol–water partition coefficient (Wildman–Crippen LogP) is 4.87. The number of nitrogens with two attached hydrogens (primary N) is 1. The van der Waals surface area contributed by atoms with Crippen LogP contribution in [0.2, 0.25) is 0 Å². The van der Waals surface area contributed by atoms with Gasteiger partial charge in [-0.05, 0) is 66.4 Å². The molecule has 27 heavy (non-hydrogen) atoms. The summed E-state index contributed by atoms with van der Waals surface area (Å²) in [7, 11) is 3.52. The summed E-state index contributed by atoms with van der Waals surface area (Å²) in [5.74, 6) is 7.63. The van der Waals surface area contributed by atoms with E-state index in [9.17, 15) is 0 Å². The first-order chi connectivity index (χ1) is 13.0. The van der Waals surface area contributed by atoms with Gasteiger partial charge in [0.15, 0.2) is 0 Å². The third-order valence-electron chi connectivity index (χ3n) is 4.74.